The molecule has 1 aliphatic heterocycles. The highest BCUT2D eigenvalue weighted by atomic mass is 35.5. The van der Waals surface area contributed by atoms with Crippen LogP contribution in [0.3, 0.4) is 0 Å². The first-order valence-corrected chi connectivity index (χ1v) is 11.4. The van der Waals surface area contributed by atoms with Crippen LogP contribution >= 0.6 is 23.2 Å². The fourth-order valence-corrected chi connectivity index (χ4v) is 4.83. The first kappa shape index (κ1) is 22.3. The summed E-state index contributed by atoms with van der Waals surface area (Å²) in [5.41, 5.74) is 1.74. The zero-order valence-corrected chi connectivity index (χ0v) is 18.9. The average Bonchev–Trinajstić information content (AvgIpc) is 2.78. The van der Waals surface area contributed by atoms with E-state index < -0.39 is 5.60 Å². The molecule has 0 bridgehead atoms. The van der Waals surface area contributed by atoms with E-state index in [1.54, 1.807) is 0 Å². The van der Waals surface area contributed by atoms with Crippen LogP contribution in [0, 0.1) is 0 Å². The van der Waals surface area contributed by atoms with Crippen LogP contribution in [-0.2, 0) is 23.3 Å². The molecular formula is C26H27Cl2NO2. The number of ether oxygens (including phenoxy) is 1. The van der Waals surface area contributed by atoms with Crippen molar-refractivity contribution >= 4 is 23.2 Å². The number of hydrogen-bond donors (Lipinski definition) is 1. The van der Waals surface area contributed by atoms with Crippen molar-refractivity contribution in [2.45, 2.75) is 31.1 Å². The lowest BCUT2D eigenvalue weighted by molar-refractivity contribution is -0.0830. The molecule has 2 unspecified atom stereocenters. The molecule has 31 heavy (non-hydrogen) atoms. The molecular weight excluding hydrogens is 429 g/mol. The molecule has 3 aromatic rings. The lowest BCUT2D eigenvalue weighted by Gasteiger charge is -2.38. The van der Waals surface area contributed by atoms with Crippen LogP contribution in [0.15, 0.2) is 78.9 Å². The molecule has 4 rings (SSSR count). The Kier molecular flexibility index (Phi) is 7.31. The standard InChI is InChI=1S/C26H27Cl2NO2/c27-24-12-7-13-25(28)23(24)17-26(30,21-10-5-2-6-11-21)16-22-19-29(14-15-31-22)18-20-8-3-1-4-9-20/h1-13,22,30H,14-19H2. The Bertz CT molecular complexity index is 963. The zero-order chi connectivity index (χ0) is 21.7. The van der Waals surface area contributed by atoms with Crippen molar-refractivity contribution < 1.29 is 9.84 Å². The van der Waals surface area contributed by atoms with E-state index in [0.29, 0.717) is 29.5 Å². The molecule has 3 nitrogen and oxygen atoms in total. The van der Waals surface area contributed by atoms with Gasteiger partial charge in [-0.05, 0) is 28.8 Å². The Balaban J connectivity index is 1.55. The second-order valence-electron chi connectivity index (χ2n) is 8.19. The van der Waals surface area contributed by atoms with E-state index in [1.165, 1.54) is 5.56 Å². The van der Waals surface area contributed by atoms with Gasteiger partial charge in [-0.2, -0.15) is 0 Å². The number of morpholine rings is 1. The lowest BCUT2D eigenvalue weighted by atomic mass is 9.82. The Morgan fingerprint density at radius 2 is 1.55 bits per heavy atom. The molecule has 1 N–H and O–H groups in total. The molecule has 0 aliphatic carbocycles. The van der Waals surface area contributed by atoms with Gasteiger partial charge in [0.15, 0.2) is 0 Å². The number of nitrogens with zero attached hydrogens (tertiary/aromatic N) is 1. The van der Waals surface area contributed by atoms with Gasteiger partial charge in [0.1, 0.15) is 0 Å². The van der Waals surface area contributed by atoms with Gasteiger partial charge in [0.25, 0.3) is 0 Å². The van der Waals surface area contributed by atoms with Gasteiger partial charge in [-0.1, -0.05) is 89.9 Å². The molecule has 3 aromatic carbocycles. The van der Waals surface area contributed by atoms with E-state index in [4.69, 9.17) is 27.9 Å². The first-order chi connectivity index (χ1) is 15.0. The van der Waals surface area contributed by atoms with Crippen molar-refractivity contribution in [1.82, 2.24) is 4.90 Å². The van der Waals surface area contributed by atoms with Gasteiger partial charge in [-0.25, -0.2) is 0 Å². The van der Waals surface area contributed by atoms with Crippen LogP contribution < -0.4 is 0 Å². The second kappa shape index (κ2) is 10.2. The molecule has 162 valence electrons. The normalized spacial score (nSPS) is 19.1. The van der Waals surface area contributed by atoms with Crippen LogP contribution in [0.4, 0.5) is 0 Å². The number of rotatable bonds is 7. The molecule has 1 heterocycles. The van der Waals surface area contributed by atoms with Crippen molar-refractivity contribution in [1.29, 1.82) is 0 Å². The number of halogens is 2. The van der Waals surface area contributed by atoms with Gasteiger partial charge < -0.3 is 9.84 Å². The minimum Gasteiger partial charge on any atom is -0.385 e. The Morgan fingerprint density at radius 1 is 0.903 bits per heavy atom. The van der Waals surface area contributed by atoms with Gasteiger partial charge in [-0.3, -0.25) is 4.90 Å². The maximum absolute atomic E-state index is 11.9. The predicted molar refractivity (Wildman–Crippen MR) is 127 cm³/mol. The van der Waals surface area contributed by atoms with Crippen LogP contribution in [0.25, 0.3) is 0 Å². The highest BCUT2D eigenvalue weighted by molar-refractivity contribution is 6.36. The molecule has 1 saturated heterocycles. The van der Waals surface area contributed by atoms with E-state index in [9.17, 15) is 5.11 Å². The fourth-order valence-electron chi connectivity index (χ4n) is 4.30. The summed E-state index contributed by atoms with van der Waals surface area (Å²) in [7, 11) is 0. The van der Waals surface area contributed by atoms with Crippen LogP contribution in [0.1, 0.15) is 23.1 Å². The summed E-state index contributed by atoms with van der Waals surface area (Å²) in [4.78, 5) is 2.39. The molecule has 5 heteroatoms. The molecule has 0 radical (unpaired) electrons. The van der Waals surface area contributed by atoms with Crippen molar-refractivity contribution in [3.63, 3.8) is 0 Å². The monoisotopic (exact) mass is 455 g/mol. The van der Waals surface area contributed by atoms with Crippen molar-refractivity contribution in [3.05, 3.63) is 106 Å². The molecule has 0 amide bonds. The summed E-state index contributed by atoms with van der Waals surface area (Å²) in [6.07, 6.45) is 0.696. The molecule has 2 atom stereocenters. The summed E-state index contributed by atoms with van der Waals surface area (Å²) >= 11 is 12.9. The molecule has 0 saturated carbocycles. The summed E-state index contributed by atoms with van der Waals surface area (Å²) in [6, 6.07) is 25.6. The minimum atomic E-state index is -1.14. The number of benzene rings is 3. The summed E-state index contributed by atoms with van der Waals surface area (Å²) in [6.45, 7) is 3.17. The number of hydrogen-bond acceptors (Lipinski definition) is 3. The van der Waals surface area contributed by atoms with E-state index in [-0.39, 0.29) is 6.10 Å². The van der Waals surface area contributed by atoms with Crippen molar-refractivity contribution in [2.24, 2.45) is 0 Å². The molecule has 0 spiro atoms. The maximum atomic E-state index is 11.9. The molecule has 0 aromatic heterocycles. The summed E-state index contributed by atoms with van der Waals surface area (Å²) in [5, 5.41) is 13.0. The highest BCUT2D eigenvalue weighted by Gasteiger charge is 2.36. The van der Waals surface area contributed by atoms with Crippen LogP contribution in [0.5, 0.6) is 0 Å². The summed E-state index contributed by atoms with van der Waals surface area (Å²) in [5.74, 6) is 0. The fraction of sp³-hybridized carbons (Fsp3) is 0.308. The van der Waals surface area contributed by atoms with Gasteiger partial charge in [0.2, 0.25) is 0 Å². The topological polar surface area (TPSA) is 32.7 Å². The van der Waals surface area contributed by atoms with Crippen molar-refractivity contribution in [3.8, 4) is 0 Å². The quantitative estimate of drug-likeness (QED) is 0.494. The molecule has 1 aliphatic rings. The van der Waals surface area contributed by atoms with Crippen LogP contribution in [-0.4, -0.2) is 35.8 Å². The maximum Gasteiger partial charge on any atom is 0.0962 e. The summed E-state index contributed by atoms with van der Waals surface area (Å²) < 4.78 is 6.09. The minimum absolute atomic E-state index is 0.0936. The van der Waals surface area contributed by atoms with E-state index in [2.05, 4.69) is 29.2 Å². The first-order valence-electron chi connectivity index (χ1n) is 10.6. The third-order valence-electron chi connectivity index (χ3n) is 5.88. The SMILES string of the molecule is OC(Cc1c(Cl)cccc1Cl)(CC1CN(Cc2ccccc2)CCO1)c1ccccc1. The third kappa shape index (κ3) is 5.68. The Morgan fingerprint density at radius 3 is 2.23 bits per heavy atom. The van der Waals surface area contributed by atoms with E-state index >= 15 is 0 Å². The predicted octanol–water partition coefficient (Wildman–Crippen LogP) is 5.71. The lowest BCUT2D eigenvalue weighted by Crippen LogP contribution is -2.45. The largest absolute Gasteiger partial charge is 0.385 e. The highest BCUT2D eigenvalue weighted by Crippen LogP contribution is 2.37. The van der Waals surface area contributed by atoms with Gasteiger partial charge in [-0.15, -0.1) is 0 Å². The molecule has 1 fully saturated rings. The second-order valence-corrected chi connectivity index (χ2v) is 9.01. The van der Waals surface area contributed by atoms with Gasteiger partial charge in [0, 0.05) is 42.5 Å². The average molecular weight is 456 g/mol. The zero-order valence-electron chi connectivity index (χ0n) is 17.4. The van der Waals surface area contributed by atoms with Crippen molar-refractivity contribution in [2.75, 3.05) is 19.7 Å². The van der Waals surface area contributed by atoms with Crippen LogP contribution in [0.2, 0.25) is 10.0 Å². The van der Waals surface area contributed by atoms with Gasteiger partial charge in [0.05, 0.1) is 18.3 Å². The Labute approximate surface area is 194 Å². The van der Waals surface area contributed by atoms with Gasteiger partial charge >= 0.3 is 0 Å². The third-order valence-corrected chi connectivity index (χ3v) is 6.59. The Hall–Kier alpha value is -1.88. The van der Waals surface area contributed by atoms with E-state index in [0.717, 1.165) is 30.8 Å². The van der Waals surface area contributed by atoms with E-state index in [1.807, 2.05) is 54.6 Å². The number of aliphatic hydroxyl groups is 1. The smallest absolute Gasteiger partial charge is 0.0962 e.